The van der Waals surface area contributed by atoms with Gasteiger partial charge >= 0.3 is 5.97 Å². The van der Waals surface area contributed by atoms with E-state index in [2.05, 4.69) is 4.74 Å². The topological polar surface area (TPSA) is 77.5 Å². The van der Waals surface area contributed by atoms with Gasteiger partial charge in [-0.2, -0.15) is 0 Å². The lowest BCUT2D eigenvalue weighted by molar-refractivity contribution is -0.145. The molecule has 0 aliphatic carbocycles. The molecule has 0 saturated heterocycles. The van der Waals surface area contributed by atoms with Crippen molar-refractivity contribution in [2.24, 2.45) is 0 Å². The van der Waals surface area contributed by atoms with Crippen molar-refractivity contribution in [1.29, 1.82) is 0 Å². The van der Waals surface area contributed by atoms with E-state index < -0.39 is 5.97 Å². The molecule has 0 aliphatic rings. The van der Waals surface area contributed by atoms with E-state index in [1.165, 1.54) is 13.8 Å². The molecule has 0 aromatic heterocycles. The summed E-state index contributed by atoms with van der Waals surface area (Å²) in [7, 11) is 0. The Bertz CT molecular complexity index is 281. The minimum absolute atomic E-state index is 0.0255. The van der Waals surface area contributed by atoms with Crippen LogP contribution in [0.2, 0.25) is 0 Å². The van der Waals surface area contributed by atoms with Crippen molar-refractivity contribution in [3.63, 3.8) is 0 Å². The number of esters is 1. The van der Waals surface area contributed by atoms with Crippen molar-refractivity contribution in [3.8, 4) is 0 Å². The van der Waals surface area contributed by atoms with Crippen LogP contribution in [0.25, 0.3) is 0 Å². The second-order valence-corrected chi connectivity index (χ2v) is 3.45. The molecule has 0 saturated carbocycles. The Morgan fingerprint density at radius 3 is 1.59 bits per heavy atom. The van der Waals surface area contributed by atoms with Crippen molar-refractivity contribution >= 4 is 23.3 Å². The monoisotopic (exact) mass is 244 g/mol. The molecule has 0 amide bonds. The molecule has 5 heteroatoms. The van der Waals surface area contributed by atoms with E-state index in [1.54, 1.807) is 13.8 Å². The number of hydrogen-bond donors (Lipinski definition) is 0. The van der Waals surface area contributed by atoms with Gasteiger partial charge < -0.3 is 4.74 Å². The fraction of sp³-hybridized carbons (Fsp3) is 0.667. The van der Waals surface area contributed by atoms with Crippen molar-refractivity contribution in [1.82, 2.24) is 0 Å². The van der Waals surface area contributed by atoms with Gasteiger partial charge in [-0.15, -0.1) is 0 Å². The summed E-state index contributed by atoms with van der Waals surface area (Å²) in [6, 6.07) is 0. The summed E-state index contributed by atoms with van der Waals surface area (Å²) in [6.07, 6.45) is 0.476. The lowest BCUT2D eigenvalue weighted by Gasteiger charge is -1.96. The maximum Gasteiger partial charge on any atom is 0.313 e. The quantitative estimate of drug-likeness (QED) is 0.522. The Kier molecular flexibility index (Phi) is 11.5. The highest BCUT2D eigenvalue weighted by Crippen LogP contribution is 1.88. The van der Waals surface area contributed by atoms with Crippen molar-refractivity contribution in [2.45, 2.75) is 47.0 Å². The van der Waals surface area contributed by atoms with E-state index in [-0.39, 0.29) is 30.2 Å². The standard InChI is InChI=1S/C6H10O3.C6H10O2/c1-3-9-6(8)4-5(2)7;1-3-6(8)4-5(2)7/h3-4H2,1-2H3;3-4H2,1-2H3. The minimum atomic E-state index is -0.440. The first-order valence-corrected chi connectivity index (χ1v) is 5.49. The molecule has 0 N–H and O–H groups in total. The average Bonchev–Trinajstić information content (AvgIpc) is 2.16. The second-order valence-electron chi connectivity index (χ2n) is 3.45. The van der Waals surface area contributed by atoms with E-state index in [0.717, 1.165) is 0 Å². The van der Waals surface area contributed by atoms with Crippen LogP contribution in [0.4, 0.5) is 0 Å². The summed E-state index contributed by atoms with van der Waals surface area (Å²) >= 11 is 0. The molecule has 0 unspecified atom stereocenters. The fourth-order valence-corrected chi connectivity index (χ4v) is 0.818. The number of carbonyl (C=O) groups excluding carboxylic acids is 4. The minimum Gasteiger partial charge on any atom is -0.466 e. The summed E-state index contributed by atoms with van der Waals surface area (Å²) in [4.78, 5) is 41.2. The lowest BCUT2D eigenvalue weighted by atomic mass is 10.2. The smallest absolute Gasteiger partial charge is 0.313 e. The number of ether oxygens (including phenoxy) is 1. The summed E-state index contributed by atoms with van der Waals surface area (Å²) in [5.41, 5.74) is 0. The third-order valence-electron chi connectivity index (χ3n) is 1.54. The number of ketones is 3. The van der Waals surface area contributed by atoms with Crippen LogP contribution in [0.5, 0.6) is 0 Å². The summed E-state index contributed by atoms with van der Waals surface area (Å²) in [5, 5.41) is 0. The number of carbonyl (C=O) groups is 4. The Labute approximate surface area is 102 Å². The lowest BCUT2D eigenvalue weighted by Crippen LogP contribution is -2.07. The Hall–Kier alpha value is -1.52. The molecule has 17 heavy (non-hydrogen) atoms. The van der Waals surface area contributed by atoms with Crippen LogP contribution in [0, 0.1) is 0 Å². The first-order chi connectivity index (χ1) is 7.83. The fourth-order valence-electron chi connectivity index (χ4n) is 0.818. The highest BCUT2D eigenvalue weighted by atomic mass is 16.5. The molecule has 0 rings (SSSR count). The zero-order chi connectivity index (χ0) is 13.8. The van der Waals surface area contributed by atoms with E-state index in [0.29, 0.717) is 13.0 Å². The van der Waals surface area contributed by atoms with E-state index in [4.69, 9.17) is 0 Å². The van der Waals surface area contributed by atoms with Gasteiger partial charge in [-0.25, -0.2) is 0 Å². The molecule has 98 valence electrons. The Morgan fingerprint density at radius 2 is 1.35 bits per heavy atom. The molecular weight excluding hydrogens is 224 g/mol. The molecule has 0 fully saturated rings. The predicted octanol–water partition coefficient (Wildman–Crippen LogP) is 1.47. The van der Waals surface area contributed by atoms with Gasteiger partial charge in [0.05, 0.1) is 13.0 Å². The summed E-state index contributed by atoms with van der Waals surface area (Å²) < 4.78 is 4.49. The number of rotatable bonds is 6. The van der Waals surface area contributed by atoms with Crippen LogP contribution in [0.1, 0.15) is 47.0 Å². The van der Waals surface area contributed by atoms with Crippen molar-refractivity contribution in [2.75, 3.05) is 6.61 Å². The van der Waals surface area contributed by atoms with Crippen LogP contribution >= 0.6 is 0 Å². The van der Waals surface area contributed by atoms with Crippen LogP contribution in [-0.2, 0) is 23.9 Å². The zero-order valence-electron chi connectivity index (χ0n) is 10.9. The van der Waals surface area contributed by atoms with Crippen LogP contribution in [-0.4, -0.2) is 29.9 Å². The molecule has 0 atom stereocenters. The largest absolute Gasteiger partial charge is 0.466 e. The summed E-state index contributed by atoms with van der Waals surface area (Å²) in [6.45, 7) is 6.58. The normalized spacial score (nSPS) is 8.71. The van der Waals surface area contributed by atoms with Gasteiger partial charge in [-0.1, -0.05) is 6.92 Å². The predicted molar refractivity (Wildman–Crippen MR) is 62.5 cm³/mol. The summed E-state index contributed by atoms with van der Waals surface area (Å²) in [5.74, 6) is -0.618. The average molecular weight is 244 g/mol. The van der Waals surface area contributed by atoms with Gasteiger partial charge in [0.1, 0.15) is 23.8 Å². The van der Waals surface area contributed by atoms with Crippen LogP contribution < -0.4 is 0 Å². The van der Waals surface area contributed by atoms with Crippen molar-refractivity contribution < 1.29 is 23.9 Å². The third kappa shape index (κ3) is 17.1. The highest BCUT2D eigenvalue weighted by molar-refractivity contribution is 5.97. The molecule has 0 aromatic rings. The van der Waals surface area contributed by atoms with Crippen LogP contribution in [0.15, 0.2) is 0 Å². The Balaban J connectivity index is 0. The first-order valence-electron chi connectivity index (χ1n) is 5.49. The molecule has 0 radical (unpaired) electrons. The molecule has 0 aliphatic heterocycles. The van der Waals surface area contributed by atoms with E-state index in [9.17, 15) is 19.2 Å². The van der Waals surface area contributed by atoms with Gasteiger partial charge in [0, 0.05) is 6.42 Å². The van der Waals surface area contributed by atoms with Gasteiger partial charge in [-0.05, 0) is 20.8 Å². The van der Waals surface area contributed by atoms with Gasteiger partial charge in [0.2, 0.25) is 0 Å². The molecular formula is C12H20O5. The highest BCUT2D eigenvalue weighted by Gasteiger charge is 2.03. The molecule has 0 bridgehead atoms. The molecule has 0 spiro atoms. The van der Waals surface area contributed by atoms with E-state index in [1.807, 2.05) is 0 Å². The third-order valence-corrected chi connectivity index (χ3v) is 1.54. The maximum atomic E-state index is 10.4. The Morgan fingerprint density at radius 1 is 0.882 bits per heavy atom. The van der Waals surface area contributed by atoms with Gasteiger partial charge in [0.15, 0.2) is 0 Å². The zero-order valence-corrected chi connectivity index (χ0v) is 10.9. The van der Waals surface area contributed by atoms with Crippen molar-refractivity contribution in [3.05, 3.63) is 0 Å². The SMILES string of the molecule is CCC(=O)CC(C)=O.CCOC(=O)CC(C)=O. The second kappa shape index (κ2) is 11.0. The van der Waals surface area contributed by atoms with Gasteiger partial charge in [-0.3, -0.25) is 19.2 Å². The number of hydrogen-bond acceptors (Lipinski definition) is 5. The number of Topliss-reactive ketones (excluding diaryl/α,β-unsaturated/α-hetero) is 3. The molecule has 0 heterocycles. The van der Waals surface area contributed by atoms with E-state index >= 15 is 0 Å². The molecule has 5 nitrogen and oxygen atoms in total. The first kappa shape index (κ1) is 17.9. The molecule has 0 aromatic carbocycles. The maximum absolute atomic E-state index is 10.4. The van der Waals surface area contributed by atoms with Gasteiger partial charge in [0.25, 0.3) is 0 Å². The van der Waals surface area contributed by atoms with Crippen LogP contribution in [0.3, 0.4) is 0 Å².